The zero-order valence-corrected chi connectivity index (χ0v) is 16.0. The number of fused-ring (bicyclic) bond motifs is 1. The molecular weight excluding hydrogens is 386 g/mol. The van der Waals surface area contributed by atoms with Crippen LogP contribution in [0.2, 0.25) is 0 Å². The van der Waals surface area contributed by atoms with Crippen molar-refractivity contribution in [3.8, 4) is 0 Å². The van der Waals surface area contributed by atoms with Gasteiger partial charge in [-0.1, -0.05) is 35.4 Å². The maximum atomic E-state index is 9.52. The summed E-state index contributed by atoms with van der Waals surface area (Å²) in [7, 11) is 0. The van der Waals surface area contributed by atoms with Gasteiger partial charge in [0.1, 0.15) is 6.23 Å². The molecule has 1 saturated heterocycles. The summed E-state index contributed by atoms with van der Waals surface area (Å²) in [5.74, 6) is 1.14. The third kappa shape index (κ3) is 3.28. The van der Waals surface area contributed by atoms with Crippen LogP contribution >= 0.6 is 0 Å². The van der Waals surface area contributed by atoms with Gasteiger partial charge in [0.25, 0.3) is 0 Å². The van der Waals surface area contributed by atoms with Crippen molar-refractivity contribution in [3.63, 3.8) is 0 Å². The lowest BCUT2D eigenvalue weighted by Crippen LogP contribution is -2.22. The molecule has 5 atom stereocenters. The van der Waals surface area contributed by atoms with Crippen molar-refractivity contribution in [1.29, 1.82) is 0 Å². The molecule has 2 aliphatic rings. The van der Waals surface area contributed by atoms with E-state index in [1.807, 2.05) is 18.2 Å². The number of nitrogens with one attached hydrogen (secondary N) is 1. The Kier molecular flexibility index (Phi) is 4.62. The fourth-order valence-electron chi connectivity index (χ4n) is 4.08. The molecule has 2 fully saturated rings. The van der Waals surface area contributed by atoms with Gasteiger partial charge in [0.05, 0.1) is 25.1 Å². The van der Waals surface area contributed by atoms with Crippen LogP contribution < -0.4 is 11.1 Å². The Balaban J connectivity index is 1.41. The summed E-state index contributed by atoms with van der Waals surface area (Å²) in [4.78, 5) is 16.0. The molecule has 30 heavy (non-hydrogen) atoms. The standard InChI is InChI=1S/C19H21N9O2/c20-19-24-17(23-12-6-11(12)10-4-2-1-3-5-10)16-18(25-19)28(9-22-16)15-7-13(26-27-21)14(8-29)30-15/h1-5,9,11-15,29H,6-8H2,(H3,20,23,24,25)/t11-,12+,13-,14+,15+/m0/s1. The van der Waals surface area contributed by atoms with Gasteiger partial charge in [-0.25, -0.2) is 4.98 Å². The Morgan fingerprint density at radius 2 is 2.13 bits per heavy atom. The molecule has 2 aromatic heterocycles. The number of benzene rings is 1. The highest BCUT2D eigenvalue weighted by Gasteiger charge is 2.40. The normalized spacial score (nSPS) is 27.7. The number of aliphatic hydroxyl groups excluding tert-OH is 1. The molecule has 1 aromatic carbocycles. The molecule has 1 saturated carbocycles. The summed E-state index contributed by atoms with van der Waals surface area (Å²) in [6, 6.07) is 10.1. The molecule has 0 radical (unpaired) electrons. The van der Waals surface area contributed by atoms with Crippen molar-refractivity contribution >= 4 is 22.9 Å². The highest BCUT2D eigenvalue weighted by molar-refractivity contribution is 5.84. The molecule has 4 N–H and O–H groups in total. The Morgan fingerprint density at radius 1 is 1.30 bits per heavy atom. The number of anilines is 2. The van der Waals surface area contributed by atoms with E-state index in [9.17, 15) is 5.11 Å². The molecule has 154 valence electrons. The number of rotatable bonds is 6. The number of nitrogens with zero attached hydrogens (tertiary/aromatic N) is 7. The second-order valence-corrected chi connectivity index (χ2v) is 7.58. The zero-order chi connectivity index (χ0) is 20.7. The molecule has 5 rings (SSSR count). The van der Waals surface area contributed by atoms with E-state index in [-0.39, 0.29) is 18.6 Å². The maximum Gasteiger partial charge on any atom is 0.224 e. The summed E-state index contributed by atoms with van der Waals surface area (Å²) >= 11 is 0. The van der Waals surface area contributed by atoms with Crippen molar-refractivity contribution in [2.75, 3.05) is 17.7 Å². The smallest absolute Gasteiger partial charge is 0.224 e. The van der Waals surface area contributed by atoms with Crippen molar-refractivity contribution in [3.05, 3.63) is 52.7 Å². The molecule has 1 aliphatic heterocycles. The van der Waals surface area contributed by atoms with Crippen LogP contribution in [0, 0.1) is 0 Å². The number of nitrogens with two attached hydrogens (primary N) is 1. The van der Waals surface area contributed by atoms with Gasteiger partial charge in [0.2, 0.25) is 5.95 Å². The minimum absolute atomic E-state index is 0.131. The van der Waals surface area contributed by atoms with Gasteiger partial charge in [-0.05, 0) is 17.5 Å². The number of hydrogen-bond donors (Lipinski definition) is 3. The van der Waals surface area contributed by atoms with E-state index in [1.54, 1.807) is 10.9 Å². The third-order valence-electron chi connectivity index (χ3n) is 5.67. The Hall–Kier alpha value is -3.40. The van der Waals surface area contributed by atoms with Gasteiger partial charge in [0.15, 0.2) is 17.0 Å². The largest absolute Gasteiger partial charge is 0.394 e. The first kappa shape index (κ1) is 18.6. The number of hydrogen-bond acceptors (Lipinski definition) is 8. The summed E-state index contributed by atoms with van der Waals surface area (Å²) in [5, 5.41) is 16.7. The van der Waals surface area contributed by atoms with Crippen LogP contribution in [0.1, 0.15) is 30.6 Å². The maximum absolute atomic E-state index is 9.52. The van der Waals surface area contributed by atoms with Gasteiger partial charge in [-0.15, -0.1) is 0 Å². The fourth-order valence-corrected chi connectivity index (χ4v) is 4.08. The average molecular weight is 407 g/mol. The SMILES string of the molecule is [N-]=[N+]=N[C@H]1C[C@H](n2cnc3c(N[C@@H]4C[C@H]4c4ccccc4)nc(N)nc32)O[C@@H]1CO. The number of ether oxygens (including phenoxy) is 1. The molecule has 1 aliphatic carbocycles. The summed E-state index contributed by atoms with van der Waals surface area (Å²) in [6.45, 7) is -0.237. The van der Waals surface area contributed by atoms with Gasteiger partial charge in [-0.3, -0.25) is 4.57 Å². The van der Waals surface area contributed by atoms with Crippen molar-refractivity contribution < 1.29 is 9.84 Å². The molecule has 0 bridgehead atoms. The van der Waals surface area contributed by atoms with Gasteiger partial charge in [0, 0.05) is 23.3 Å². The number of aliphatic hydroxyl groups is 1. The topological polar surface area (TPSA) is 160 Å². The first-order valence-electron chi connectivity index (χ1n) is 9.80. The van der Waals surface area contributed by atoms with Crippen LogP contribution in [0.4, 0.5) is 11.8 Å². The average Bonchev–Trinajstić information content (AvgIpc) is 3.19. The molecular formula is C19H21N9O2. The minimum atomic E-state index is -0.571. The highest BCUT2D eigenvalue weighted by atomic mass is 16.5. The van der Waals surface area contributed by atoms with Crippen LogP contribution in [0.3, 0.4) is 0 Å². The highest BCUT2D eigenvalue weighted by Crippen LogP contribution is 2.43. The number of nitrogen functional groups attached to an aromatic ring is 1. The predicted molar refractivity (Wildman–Crippen MR) is 109 cm³/mol. The molecule has 0 amide bonds. The van der Waals surface area contributed by atoms with Crippen LogP contribution in [0.15, 0.2) is 41.8 Å². The van der Waals surface area contributed by atoms with Crippen molar-refractivity contribution in [1.82, 2.24) is 19.5 Å². The third-order valence-corrected chi connectivity index (χ3v) is 5.67. The second kappa shape index (κ2) is 7.45. The van der Waals surface area contributed by atoms with Crippen molar-refractivity contribution in [2.24, 2.45) is 5.11 Å². The number of imidazole rings is 1. The summed E-state index contributed by atoms with van der Waals surface area (Å²) < 4.78 is 7.61. The van der Waals surface area contributed by atoms with Gasteiger partial charge in [-0.2, -0.15) is 9.97 Å². The monoisotopic (exact) mass is 407 g/mol. The summed E-state index contributed by atoms with van der Waals surface area (Å²) in [6.07, 6.45) is 1.99. The second-order valence-electron chi connectivity index (χ2n) is 7.58. The Morgan fingerprint density at radius 3 is 2.90 bits per heavy atom. The van der Waals surface area contributed by atoms with Crippen LogP contribution in [0.5, 0.6) is 0 Å². The van der Waals surface area contributed by atoms with E-state index in [2.05, 4.69) is 42.4 Å². The number of azide groups is 1. The summed E-state index contributed by atoms with van der Waals surface area (Å²) in [5.41, 5.74) is 17.1. The first-order valence-corrected chi connectivity index (χ1v) is 9.80. The van der Waals surface area contributed by atoms with E-state index in [4.69, 9.17) is 16.0 Å². The molecule has 11 nitrogen and oxygen atoms in total. The molecule has 0 unspecified atom stereocenters. The lowest BCUT2D eigenvalue weighted by atomic mass is 10.1. The number of aromatic nitrogens is 4. The van der Waals surface area contributed by atoms with E-state index in [0.717, 1.165) is 6.42 Å². The molecule has 0 spiro atoms. The van der Waals surface area contributed by atoms with Crippen LogP contribution in [0.25, 0.3) is 21.6 Å². The zero-order valence-electron chi connectivity index (χ0n) is 16.0. The minimum Gasteiger partial charge on any atom is -0.394 e. The first-order chi connectivity index (χ1) is 14.7. The van der Waals surface area contributed by atoms with E-state index in [1.165, 1.54) is 5.56 Å². The molecule has 11 heteroatoms. The van der Waals surface area contributed by atoms with Crippen LogP contribution in [-0.4, -0.2) is 49.4 Å². The van der Waals surface area contributed by atoms with Crippen molar-refractivity contribution in [2.45, 2.75) is 43.2 Å². The molecule has 3 heterocycles. The van der Waals surface area contributed by atoms with E-state index in [0.29, 0.717) is 29.3 Å². The lowest BCUT2D eigenvalue weighted by Gasteiger charge is -2.14. The Bertz CT molecular complexity index is 1110. The molecule has 3 aromatic rings. The predicted octanol–water partition coefficient (Wildman–Crippen LogP) is 2.34. The van der Waals surface area contributed by atoms with Gasteiger partial charge >= 0.3 is 0 Å². The Labute approximate surface area is 171 Å². The van der Waals surface area contributed by atoms with Gasteiger partial charge < -0.3 is 20.9 Å². The van der Waals surface area contributed by atoms with E-state index >= 15 is 0 Å². The fraction of sp³-hybridized carbons (Fsp3) is 0.421. The van der Waals surface area contributed by atoms with Crippen LogP contribution in [-0.2, 0) is 4.74 Å². The van der Waals surface area contributed by atoms with E-state index < -0.39 is 18.4 Å². The lowest BCUT2D eigenvalue weighted by molar-refractivity contribution is -0.0232. The quantitative estimate of drug-likeness (QED) is 0.321.